The molecule has 6 heteroatoms. The van der Waals surface area contributed by atoms with Crippen LogP contribution in [0.2, 0.25) is 0 Å². The van der Waals surface area contributed by atoms with Crippen molar-refractivity contribution in [3.8, 4) is 5.75 Å². The van der Waals surface area contributed by atoms with Gasteiger partial charge in [-0.2, -0.15) is 0 Å². The van der Waals surface area contributed by atoms with Crippen LogP contribution in [0.4, 0.5) is 10.1 Å². The zero-order valence-electron chi connectivity index (χ0n) is 17.9. The second-order valence-corrected chi connectivity index (χ2v) is 8.59. The summed E-state index contributed by atoms with van der Waals surface area (Å²) in [6, 6.07) is 13.1. The largest absolute Gasteiger partial charge is 0.497 e. The number of benzene rings is 2. The maximum absolute atomic E-state index is 13.3. The van der Waals surface area contributed by atoms with Crippen molar-refractivity contribution in [2.75, 3.05) is 31.6 Å². The third-order valence-electron chi connectivity index (χ3n) is 6.10. The first kappa shape index (κ1) is 20.7. The maximum atomic E-state index is 13.3. The first-order chi connectivity index (χ1) is 14.4. The molecule has 160 valence electrons. The smallest absolute Gasteiger partial charge is 0.225 e. The molecular weight excluding hydrogens is 381 g/mol. The standard InChI is InChI=1S/C24H30FN3O2/c1-16(2)26-24(29)21-12-18-6-9-20(30-3)13-22(18)28-11-10-27(15-23(21)28)14-17-4-7-19(25)8-5-17/h4-9,13,16,21,23H,10-12,14-15H2,1-3H3,(H,26,29)/t21-,23+/m1/s1. The van der Waals surface area contributed by atoms with Crippen LogP contribution in [0.5, 0.6) is 5.75 Å². The Kier molecular flexibility index (Phi) is 5.95. The number of nitrogens with one attached hydrogen (secondary N) is 1. The lowest BCUT2D eigenvalue weighted by Crippen LogP contribution is -2.61. The minimum atomic E-state index is -0.216. The average molecular weight is 412 g/mol. The highest BCUT2D eigenvalue weighted by molar-refractivity contribution is 5.82. The zero-order valence-corrected chi connectivity index (χ0v) is 17.9. The fraction of sp³-hybridized carbons (Fsp3) is 0.458. The summed E-state index contributed by atoms with van der Waals surface area (Å²) < 4.78 is 18.7. The van der Waals surface area contributed by atoms with Gasteiger partial charge in [-0.1, -0.05) is 18.2 Å². The van der Waals surface area contributed by atoms with Crippen molar-refractivity contribution < 1.29 is 13.9 Å². The molecule has 0 radical (unpaired) electrons. The fourth-order valence-electron chi connectivity index (χ4n) is 4.65. The summed E-state index contributed by atoms with van der Waals surface area (Å²) >= 11 is 0. The topological polar surface area (TPSA) is 44.8 Å². The van der Waals surface area contributed by atoms with E-state index in [0.717, 1.165) is 43.9 Å². The summed E-state index contributed by atoms with van der Waals surface area (Å²) in [4.78, 5) is 17.8. The number of piperazine rings is 1. The molecule has 0 aromatic heterocycles. The SMILES string of the molecule is COc1ccc2c(c1)N1CCN(Cc3ccc(F)cc3)C[C@H]1[C@H](C(=O)NC(C)C)C2. The van der Waals surface area contributed by atoms with Gasteiger partial charge in [0.2, 0.25) is 5.91 Å². The Labute approximate surface area is 177 Å². The number of ether oxygens (including phenoxy) is 1. The van der Waals surface area contributed by atoms with E-state index < -0.39 is 0 Å². The van der Waals surface area contributed by atoms with E-state index in [1.54, 1.807) is 7.11 Å². The summed E-state index contributed by atoms with van der Waals surface area (Å²) in [6.07, 6.45) is 0.726. The molecule has 1 N–H and O–H groups in total. The summed E-state index contributed by atoms with van der Waals surface area (Å²) in [5.74, 6) is 0.632. The molecule has 2 heterocycles. The van der Waals surface area contributed by atoms with Crippen molar-refractivity contribution in [1.82, 2.24) is 10.2 Å². The van der Waals surface area contributed by atoms with Crippen molar-refractivity contribution in [2.24, 2.45) is 5.92 Å². The quantitative estimate of drug-likeness (QED) is 0.821. The van der Waals surface area contributed by atoms with E-state index in [2.05, 4.69) is 27.2 Å². The number of amides is 1. The van der Waals surface area contributed by atoms with E-state index >= 15 is 0 Å². The van der Waals surface area contributed by atoms with Gasteiger partial charge in [-0.15, -0.1) is 0 Å². The number of carbonyl (C=O) groups is 1. The molecule has 0 aliphatic carbocycles. The number of methoxy groups -OCH3 is 1. The van der Waals surface area contributed by atoms with Crippen molar-refractivity contribution in [1.29, 1.82) is 0 Å². The van der Waals surface area contributed by atoms with Crippen LogP contribution in [0.1, 0.15) is 25.0 Å². The van der Waals surface area contributed by atoms with Crippen molar-refractivity contribution in [3.63, 3.8) is 0 Å². The molecule has 2 atom stereocenters. The number of carbonyl (C=O) groups excluding carboxylic acids is 1. The van der Waals surface area contributed by atoms with Crippen LogP contribution in [-0.2, 0) is 17.8 Å². The lowest BCUT2D eigenvalue weighted by atomic mass is 9.83. The summed E-state index contributed by atoms with van der Waals surface area (Å²) in [5.41, 5.74) is 3.46. The molecule has 30 heavy (non-hydrogen) atoms. The minimum Gasteiger partial charge on any atom is -0.497 e. The van der Waals surface area contributed by atoms with Gasteiger partial charge >= 0.3 is 0 Å². The van der Waals surface area contributed by atoms with Crippen LogP contribution in [0, 0.1) is 11.7 Å². The number of fused-ring (bicyclic) bond motifs is 3. The van der Waals surface area contributed by atoms with Gasteiger partial charge < -0.3 is 15.0 Å². The number of hydrogen-bond acceptors (Lipinski definition) is 4. The minimum absolute atomic E-state index is 0.0950. The molecule has 2 aromatic rings. The van der Waals surface area contributed by atoms with E-state index in [9.17, 15) is 9.18 Å². The van der Waals surface area contributed by atoms with Gasteiger partial charge in [0, 0.05) is 44.0 Å². The van der Waals surface area contributed by atoms with Gasteiger partial charge in [0.15, 0.2) is 0 Å². The van der Waals surface area contributed by atoms with Gasteiger partial charge in [-0.05, 0) is 49.6 Å². The Hall–Kier alpha value is -2.60. The molecule has 2 aromatic carbocycles. The lowest BCUT2D eigenvalue weighted by molar-refractivity contribution is -0.126. The van der Waals surface area contributed by atoms with E-state index in [4.69, 9.17) is 4.74 Å². The van der Waals surface area contributed by atoms with Gasteiger partial charge in [-0.3, -0.25) is 9.69 Å². The molecule has 2 aliphatic rings. The van der Waals surface area contributed by atoms with Crippen LogP contribution >= 0.6 is 0 Å². The predicted octanol–water partition coefficient (Wildman–Crippen LogP) is 3.22. The Bertz CT molecular complexity index is 900. The zero-order chi connectivity index (χ0) is 21.3. The van der Waals surface area contributed by atoms with Crippen molar-refractivity contribution >= 4 is 11.6 Å². The molecule has 0 bridgehead atoms. The number of anilines is 1. The summed E-state index contributed by atoms with van der Waals surface area (Å²) in [6.45, 7) is 7.29. The molecule has 4 rings (SSSR count). The summed E-state index contributed by atoms with van der Waals surface area (Å²) in [7, 11) is 1.68. The molecule has 0 saturated carbocycles. The predicted molar refractivity (Wildman–Crippen MR) is 116 cm³/mol. The Morgan fingerprint density at radius 1 is 1.20 bits per heavy atom. The average Bonchev–Trinajstić information content (AvgIpc) is 2.73. The third kappa shape index (κ3) is 4.29. The highest BCUT2D eigenvalue weighted by atomic mass is 19.1. The first-order valence-electron chi connectivity index (χ1n) is 10.7. The Morgan fingerprint density at radius 2 is 1.97 bits per heavy atom. The van der Waals surface area contributed by atoms with Gasteiger partial charge in [0.25, 0.3) is 0 Å². The third-order valence-corrected chi connectivity index (χ3v) is 6.10. The molecule has 0 unspecified atom stereocenters. The number of rotatable bonds is 5. The second kappa shape index (κ2) is 8.64. The molecule has 1 fully saturated rings. The molecule has 1 saturated heterocycles. The molecule has 1 amide bonds. The molecule has 5 nitrogen and oxygen atoms in total. The van der Waals surface area contributed by atoms with Crippen LogP contribution in [0.15, 0.2) is 42.5 Å². The maximum Gasteiger partial charge on any atom is 0.225 e. The lowest BCUT2D eigenvalue weighted by Gasteiger charge is -2.49. The van der Waals surface area contributed by atoms with E-state index in [1.807, 2.05) is 32.0 Å². The number of halogens is 1. The molecular formula is C24H30FN3O2. The second-order valence-electron chi connectivity index (χ2n) is 8.59. The Morgan fingerprint density at radius 3 is 2.67 bits per heavy atom. The van der Waals surface area contributed by atoms with Gasteiger partial charge in [0.05, 0.1) is 19.1 Å². The normalized spacial score (nSPS) is 21.2. The summed E-state index contributed by atoms with van der Waals surface area (Å²) in [5, 5.41) is 3.12. The van der Waals surface area contributed by atoms with Crippen LogP contribution in [-0.4, -0.2) is 49.6 Å². The van der Waals surface area contributed by atoms with Crippen LogP contribution < -0.4 is 15.0 Å². The Balaban J connectivity index is 1.59. The number of nitrogens with zero attached hydrogens (tertiary/aromatic N) is 2. The fourth-order valence-corrected chi connectivity index (χ4v) is 4.65. The highest BCUT2D eigenvalue weighted by Gasteiger charge is 2.41. The van der Waals surface area contributed by atoms with Gasteiger partial charge in [0.1, 0.15) is 11.6 Å². The molecule has 2 aliphatic heterocycles. The van der Waals surface area contributed by atoms with E-state index in [-0.39, 0.29) is 29.7 Å². The van der Waals surface area contributed by atoms with Crippen molar-refractivity contribution in [3.05, 3.63) is 59.4 Å². The van der Waals surface area contributed by atoms with Crippen LogP contribution in [0.3, 0.4) is 0 Å². The van der Waals surface area contributed by atoms with Crippen LogP contribution in [0.25, 0.3) is 0 Å². The highest BCUT2D eigenvalue weighted by Crippen LogP contribution is 2.38. The van der Waals surface area contributed by atoms with Crippen molar-refractivity contribution in [2.45, 2.75) is 38.9 Å². The first-order valence-corrected chi connectivity index (χ1v) is 10.7. The monoisotopic (exact) mass is 411 g/mol. The molecule has 0 spiro atoms. The van der Waals surface area contributed by atoms with E-state index in [1.165, 1.54) is 23.4 Å². The van der Waals surface area contributed by atoms with Gasteiger partial charge in [-0.25, -0.2) is 4.39 Å². The number of hydrogen-bond donors (Lipinski definition) is 1. The van der Waals surface area contributed by atoms with E-state index in [0.29, 0.717) is 0 Å².